The molecule has 0 bridgehead atoms. The molecule has 9 rings (SSSR count). The molecule has 0 atom stereocenters. The van der Waals surface area contributed by atoms with Gasteiger partial charge in [0.2, 0.25) is 0 Å². The Morgan fingerprint density at radius 2 is 0.896 bits per heavy atom. The number of nitrogens with zero attached hydrogens (tertiary/aromatic N) is 1. The lowest BCUT2D eigenvalue weighted by Crippen LogP contribution is -2.37. The van der Waals surface area contributed by atoms with Gasteiger partial charge in [-0.05, 0) is 131 Å². The lowest BCUT2D eigenvalue weighted by molar-refractivity contribution is 0.103. The second-order valence-corrected chi connectivity index (χ2v) is 14.6. The Kier molecular flexibility index (Phi) is 5.84. The average molecular weight is 622 g/mol. The molecule has 0 amide bonds. The molecular weight excluding hydrogens is 583 g/mol. The number of carbonyl (C=O) groups is 1. The lowest BCUT2D eigenvalue weighted by Gasteiger charge is -2.46. The number of anilines is 3. The van der Waals surface area contributed by atoms with E-state index in [9.17, 15) is 4.79 Å². The van der Waals surface area contributed by atoms with E-state index in [-0.39, 0.29) is 11.2 Å². The highest BCUT2D eigenvalue weighted by atomic mass is 16.1. The Balaban J connectivity index is 1.42. The van der Waals surface area contributed by atoms with Crippen LogP contribution in [-0.2, 0) is 10.8 Å². The SMILES string of the molecule is Cc1c(C)c(C)c(N2c3ccccc3C3(c4ccccc4-c4cc5c(cc43)C(=O)c3ccccc3C5(C)C)c3ccccc32)c(C)c1C. The molecule has 1 aliphatic heterocycles. The van der Waals surface area contributed by atoms with Crippen molar-refractivity contribution in [2.24, 2.45) is 0 Å². The topological polar surface area (TPSA) is 20.3 Å². The summed E-state index contributed by atoms with van der Waals surface area (Å²) in [6.07, 6.45) is 0. The van der Waals surface area contributed by atoms with E-state index in [0.717, 1.165) is 22.3 Å². The van der Waals surface area contributed by atoms with Crippen LogP contribution in [0.5, 0.6) is 0 Å². The highest BCUT2D eigenvalue weighted by Gasteiger charge is 2.53. The van der Waals surface area contributed by atoms with Gasteiger partial charge in [0.25, 0.3) is 0 Å². The van der Waals surface area contributed by atoms with Crippen molar-refractivity contribution in [1.29, 1.82) is 0 Å². The summed E-state index contributed by atoms with van der Waals surface area (Å²) in [4.78, 5) is 16.9. The monoisotopic (exact) mass is 621 g/mol. The molecule has 0 N–H and O–H groups in total. The summed E-state index contributed by atoms with van der Waals surface area (Å²) in [5.74, 6) is 0.115. The fraction of sp³-hybridized carbons (Fsp3) is 0.196. The number of fused-ring (bicyclic) bond motifs is 11. The molecule has 0 unspecified atom stereocenters. The smallest absolute Gasteiger partial charge is 0.193 e. The van der Waals surface area contributed by atoms with E-state index < -0.39 is 5.41 Å². The molecule has 2 heteroatoms. The molecule has 2 nitrogen and oxygen atoms in total. The van der Waals surface area contributed by atoms with Gasteiger partial charge in [-0.25, -0.2) is 0 Å². The number of para-hydroxylation sites is 2. The highest BCUT2D eigenvalue weighted by molar-refractivity contribution is 6.14. The van der Waals surface area contributed by atoms with Gasteiger partial charge in [-0.1, -0.05) is 98.8 Å². The zero-order valence-corrected chi connectivity index (χ0v) is 28.7. The Morgan fingerprint density at radius 3 is 1.50 bits per heavy atom. The fourth-order valence-corrected chi connectivity index (χ4v) is 9.43. The Morgan fingerprint density at radius 1 is 0.438 bits per heavy atom. The van der Waals surface area contributed by atoms with E-state index in [1.807, 2.05) is 12.1 Å². The summed E-state index contributed by atoms with van der Waals surface area (Å²) in [5, 5.41) is 0. The number of hydrogen-bond donors (Lipinski definition) is 0. The molecule has 3 aliphatic rings. The molecule has 48 heavy (non-hydrogen) atoms. The number of carbonyl (C=O) groups excluding carboxylic acids is 1. The van der Waals surface area contributed by atoms with Crippen molar-refractivity contribution >= 4 is 22.8 Å². The van der Waals surface area contributed by atoms with E-state index in [4.69, 9.17) is 0 Å². The summed E-state index contributed by atoms with van der Waals surface area (Å²) in [6.45, 7) is 15.8. The van der Waals surface area contributed by atoms with Gasteiger partial charge in [0, 0.05) is 16.5 Å². The molecule has 1 spiro atoms. The number of hydrogen-bond acceptors (Lipinski definition) is 2. The summed E-state index contributed by atoms with van der Waals surface area (Å²) in [6, 6.07) is 39.6. The summed E-state index contributed by atoms with van der Waals surface area (Å²) < 4.78 is 0. The van der Waals surface area contributed by atoms with Crippen LogP contribution in [0.15, 0.2) is 109 Å². The average Bonchev–Trinajstić information content (AvgIpc) is 3.40. The highest BCUT2D eigenvalue weighted by Crippen LogP contribution is 2.64. The Hall–Kier alpha value is -5.21. The van der Waals surface area contributed by atoms with Crippen molar-refractivity contribution in [2.45, 2.75) is 59.3 Å². The molecule has 0 fully saturated rings. The molecule has 0 radical (unpaired) electrons. The molecule has 0 saturated carbocycles. The van der Waals surface area contributed by atoms with Crippen LogP contribution >= 0.6 is 0 Å². The maximum Gasteiger partial charge on any atom is 0.193 e. The van der Waals surface area contributed by atoms with Gasteiger partial charge in [0.05, 0.1) is 22.5 Å². The zero-order chi connectivity index (χ0) is 33.3. The first-order chi connectivity index (χ1) is 23.1. The maximum atomic E-state index is 14.4. The third kappa shape index (κ3) is 3.35. The van der Waals surface area contributed by atoms with E-state index >= 15 is 0 Å². The zero-order valence-electron chi connectivity index (χ0n) is 28.7. The predicted molar refractivity (Wildman–Crippen MR) is 198 cm³/mol. The minimum atomic E-state index is -0.595. The lowest BCUT2D eigenvalue weighted by atomic mass is 9.63. The van der Waals surface area contributed by atoms with Crippen LogP contribution in [0.4, 0.5) is 17.1 Å². The second-order valence-electron chi connectivity index (χ2n) is 14.6. The Labute approximate surface area is 283 Å². The second kappa shape index (κ2) is 9.67. The quantitative estimate of drug-likeness (QED) is 0.182. The van der Waals surface area contributed by atoms with Gasteiger partial charge in [-0.15, -0.1) is 0 Å². The van der Waals surface area contributed by atoms with Crippen LogP contribution in [0.1, 0.15) is 91.0 Å². The van der Waals surface area contributed by atoms with E-state index in [1.54, 1.807) is 0 Å². The van der Waals surface area contributed by atoms with Crippen molar-refractivity contribution < 1.29 is 4.79 Å². The third-order valence-electron chi connectivity index (χ3n) is 12.2. The maximum absolute atomic E-state index is 14.4. The van der Waals surface area contributed by atoms with Gasteiger partial charge in [0.1, 0.15) is 0 Å². The third-order valence-corrected chi connectivity index (χ3v) is 12.2. The molecule has 234 valence electrons. The van der Waals surface area contributed by atoms with Crippen LogP contribution in [0.2, 0.25) is 0 Å². The van der Waals surface area contributed by atoms with Crippen LogP contribution in [0, 0.1) is 34.6 Å². The summed E-state index contributed by atoms with van der Waals surface area (Å²) >= 11 is 0. The van der Waals surface area contributed by atoms with Crippen LogP contribution in [-0.4, -0.2) is 5.78 Å². The first-order valence-corrected chi connectivity index (χ1v) is 17.1. The van der Waals surface area contributed by atoms with Crippen LogP contribution in [0.25, 0.3) is 11.1 Å². The Bertz CT molecular complexity index is 2330. The predicted octanol–water partition coefficient (Wildman–Crippen LogP) is 11.2. The molecular formula is C46H39NO. The number of ketones is 1. The van der Waals surface area contributed by atoms with Crippen molar-refractivity contribution in [1.82, 2.24) is 0 Å². The van der Waals surface area contributed by atoms with Crippen LogP contribution in [0.3, 0.4) is 0 Å². The van der Waals surface area contributed by atoms with E-state index in [1.165, 1.54) is 78.3 Å². The fourth-order valence-electron chi connectivity index (χ4n) is 9.43. The normalized spacial score (nSPS) is 15.7. The molecule has 1 heterocycles. The van der Waals surface area contributed by atoms with Crippen molar-refractivity contribution in [2.75, 3.05) is 4.90 Å². The van der Waals surface area contributed by atoms with E-state index in [0.29, 0.717) is 0 Å². The first-order valence-electron chi connectivity index (χ1n) is 17.1. The molecule has 6 aromatic rings. The van der Waals surface area contributed by atoms with Gasteiger partial charge in [-0.3, -0.25) is 4.79 Å². The largest absolute Gasteiger partial charge is 0.309 e. The molecule has 0 aromatic heterocycles. The summed E-state index contributed by atoms with van der Waals surface area (Å²) in [5.41, 5.74) is 20.6. The number of benzene rings is 6. The van der Waals surface area contributed by atoms with Crippen molar-refractivity contribution in [3.05, 3.63) is 182 Å². The van der Waals surface area contributed by atoms with Crippen LogP contribution < -0.4 is 4.90 Å². The standard InChI is InChI=1S/C46H39NO/c1-26-27(2)29(4)43(30(5)28(26)3)47-41-22-14-12-20-37(41)46(38-21-13-15-23-42(38)47)36-19-11-8-16-31(36)33-24-39-34(25-40(33)46)44(48)32-17-9-10-18-35(32)45(39,6)7/h8-25H,1-7H3. The molecule has 2 aliphatic carbocycles. The number of rotatable bonds is 1. The minimum absolute atomic E-state index is 0.115. The van der Waals surface area contributed by atoms with Crippen molar-refractivity contribution in [3.8, 4) is 11.1 Å². The molecule has 0 saturated heterocycles. The van der Waals surface area contributed by atoms with Crippen molar-refractivity contribution in [3.63, 3.8) is 0 Å². The van der Waals surface area contributed by atoms with E-state index in [2.05, 4.69) is 150 Å². The van der Waals surface area contributed by atoms with Gasteiger partial charge >= 0.3 is 0 Å². The van der Waals surface area contributed by atoms with Gasteiger partial charge < -0.3 is 4.90 Å². The molecule has 6 aromatic carbocycles. The summed E-state index contributed by atoms with van der Waals surface area (Å²) in [7, 11) is 0. The first kappa shape index (κ1) is 29.0. The van der Waals surface area contributed by atoms with Gasteiger partial charge in [0.15, 0.2) is 5.78 Å². The minimum Gasteiger partial charge on any atom is -0.309 e. The van der Waals surface area contributed by atoms with Gasteiger partial charge in [-0.2, -0.15) is 0 Å².